The molecule has 0 aromatic rings. The third-order valence-corrected chi connectivity index (χ3v) is 3.65. The SMILES string of the molecule is CCCCCCCCCCCS(C)(=O)=O. The average molecular weight is 234 g/mol. The Morgan fingerprint density at radius 3 is 1.53 bits per heavy atom. The van der Waals surface area contributed by atoms with E-state index < -0.39 is 9.84 Å². The first-order valence-corrected chi connectivity index (χ1v) is 8.30. The zero-order chi connectivity index (χ0) is 11.6. The maximum absolute atomic E-state index is 10.8. The summed E-state index contributed by atoms with van der Waals surface area (Å²) < 4.78 is 21.7. The largest absolute Gasteiger partial charge is 0.229 e. The highest BCUT2D eigenvalue weighted by atomic mass is 32.2. The van der Waals surface area contributed by atoms with E-state index in [2.05, 4.69) is 6.92 Å². The number of hydrogen-bond donors (Lipinski definition) is 0. The van der Waals surface area contributed by atoms with Crippen LogP contribution in [-0.2, 0) is 9.84 Å². The maximum Gasteiger partial charge on any atom is 0.147 e. The molecular formula is C12H26O2S. The Balaban J connectivity index is 3.06. The average Bonchev–Trinajstić information content (AvgIpc) is 2.14. The molecule has 0 heterocycles. The van der Waals surface area contributed by atoms with E-state index in [1.807, 2.05) is 0 Å². The Labute approximate surface area is 95.4 Å². The van der Waals surface area contributed by atoms with Crippen LogP contribution in [0.1, 0.15) is 64.7 Å². The molecule has 2 nitrogen and oxygen atoms in total. The van der Waals surface area contributed by atoms with E-state index in [1.54, 1.807) is 0 Å². The molecule has 0 saturated carbocycles. The van der Waals surface area contributed by atoms with Crippen molar-refractivity contribution in [2.24, 2.45) is 0 Å². The molecule has 0 aromatic heterocycles. The molecule has 3 heteroatoms. The van der Waals surface area contributed by atoms with E-state index in [0.717, 1.165) is 12.8 Å². The molecule has 0 aliphatic rings. The lowest BCUT2D eigenvalue weighted by Gasteiger charge is -2.01. The zero-order valence-corrected chi connectivity index (χ0v) is 11.1. The molecular weight excluding hydrogens is 208 g/mol. The van der Waals surface area contributed by atoms with Gasteiger partial charge in [0.05, 0.1) is 0 Å². The third kappa shape index (κ3) is 14.0. The minimum atomic E-state index is -2.73. The Bertz CT molecular complexity index is 220. The van der Waals surface area contributed by atoms with E-state index in [1.165, 1.54) is 51.2 Å². The van der Waals surface area contributed by atoms with Gasteiger partial charge in [0, 0.05) is 12.0 Å². The van der Waals surface area contributed by atoms with Gasteiger partial charge in [0.25, 0.3) is 0 Å². The summed E-state index contributed by atoms with van der Waals surface area (Å²) in [6.45, 7) is 2.23. The standard InChI is InChI=1S/C12H26O2S/c1-3-4-5-6-7-8-9-10-11-12-15(2,13)14/h3-12H2,1-2H3. The summed E-state index contributed by atoms with van der Waals surface area (Å²) in [6.07, 6.45) is 12.4. The maximum atomic E-state index is 10.8. The molecule has 0 fully saturated rings. The summed E-state index contributed by atoms with van der Waals surface area (Å²) in [6, 6.07) is 0. The van der Waals surface area contributed by atoms with Crippen molar-refractivity contribution in [1.82, 2.24) is 0 Å². The van der Waals surface area contributed by atoms with E-state index in [0.29, 0.717) is 5.75 Å². The van der Waals surface area contributed by atoms with Crippen LogP contribution < -0.4 is 0 Å². The second-order valence-corrected chi connectivity index (χ2v) is 6.72. The highest BCUT2D eigenvalue weighted by molar-refractivity contribution is 7.90. The van der Waals surface area contributed by atoms with Crippen LogP contribution in [0, 0.1) is 0 Å². The van der Waals surface area contributed by atoms with Crippen LogP contribution in [0.25, 0.3) is 0 Å². The molecule has 0 saturated heterocycles. The monoisotopic (exact) mass is 234 g/mol. The number of unbranched alkanes of at least 4 members (excludes halogenated alkanes) is 8. The van der Waals surface area contributed by atoms with Crippen molar-refractivity contribution in [3.8, 4) is 0 Å². The van der Waals surface area contributed by atoms with Crippen molar-refractivity contribution in [2.45, 2.75) is 64.7 Å². The van der Waals surface area contributed by atoms with Gasteiger partial charge in [-0.1, -0.05) is 58.3 Å². The first kappa shape index (κ1) is 14.9. The summed E-state index contributed by atoms with van der Waals surface area (Å²) in [5.74, 6) is 0.364. The molecule has 0 aliphatic heterocycles. The Morgan fingerprint density at radius 2 is 1.13 bits per heavy atom. The van der Waals surface area contributed by atoms with Crippen molar-refractivity contribution < 1.29 is 8.42 Å². The normalized spacial score (nSPS) is 11.9. The highest BCUT2D eigenvalue weighted by Gasteiger charge is 2.00. The topological polar surface area (TPSA) is 34.1 Å². The van der Waals surface area contributed by atoms with Crippen molar-refractivity contribution in [2.75, 3.05) is 12.0 Å². The van der Waals surface area contributed by atoms with Gasteiger partial charge in [-0.2, -0.15) is 0 Å². The number of hydrogen-bond acceptors (Lipinski definition) is 2. The van der Waals surface area contributed by atoms with E-state index in [-0.39, 0.29) is 0 Å². The molecule has 0 N–H and O–H groups in total. The highest BCUT2D eigenvalue weighted by Crippen LogP contribution is 2.09. The molecule has 0 rings (SSSR count). The Kier molecular flexibility index (Phi) is 9.17. The van der Waals surface area contributed by atoms with Crippen LogP contribution in [0.2, 0.25) is 0 Å². The van der Waals surface area contributed by atoms with Crippen LogP contribution in [0.3, 0.4) is 0 Å². The van der Waals surface area contributed by atoms with Gasteiger partial charge in [-0.05, 0) is 6.42 Å². The lowest BCUT2D eigenvalue weighted by atomic mass is 10.1. The summed E-state index contributed by atoms with van der Waals surface area (Å²) in [5, 5.41) is 0. The van der Waals surface area contributed by atoms with Crippen molar-refractivity contribution in [3.63, 3.8) is 0 Å². The fourth-order valence-electron chi connectivity index (χ4n) is 1.67. The van der Waals surface area contributed by atoms with Gasteiger partial charge in [0.2, 0.25) is 0 Å². The van der Waals surface area contributed by atoms with Crippen LogP contribution in [0.15, 0.2) is 0 Å². The summed E-state index contributed by atoms with van der Waals surface area (Å²) in [5.41, 5.74) is 0. The predicted octanol–water partition coefficient (Wildman–Crippen LogP) is 3.56. The van der Waals surface area contributed by atoms with Gasteiger partial charge in [0.15, 0.2) is 0 Å². The van der Waals surface area contributed by atoms with E-state index in [9.17, 15) is 8.42 Å². The molecule has 0 aromatic carbocycles. The minimum Gasteiger partial charge on any atom is -0.229 e. The molecule has 0 amide bonds. The molecule has 0 radical (unpaired) electrons. The Morgan fingerprint density at radius 1 is 0.733 bits per heavy atom. The van der Waals surface area contributed by atoms with Gasteiger partial charge in [0.1, 0.15) is 9.84 Å². The number of rotatable bonds is 10. The molecule has 0 bridgehead atoms. The minimum absolute atomic E-state index is 0.364. The van der Waals surface area contributed by atoms with Crippen molar-refractivity contribution in [3.05, 3.63) is 0 Å². The quantitative estimate of drug-likeness (QED) is 0.542. The van der Waals surface area contributed by atoms with Crippen molar-refractivity contribution in [1.29, 1.82) is 0 Å². The lowest BCUT2D eigenvalue weighted by Crippen LogP contribution is -2.02. The molecule has 15 heavy (non-hydrogen) atoms. The molecule has 0 aliphatic carbocycles. The second-order valence-electron chi connectivity index (χ2n) is 4.46. The molecule has 0 spiro atoms. The Hall–Kier alpha value is -0.0500. The molecule has 92 valence electrons. The summed E-state index contributed by atoms with van der Waals surface area (Å²) in [7, 11) is -2.73. The van der Waals surface area contributed by atoms with Crippen LogP contribution in [-0.4, -0.2) is 20.4 Å². The van der Waals surface area contributed by atoms with Gasteiger partial charge in [-0.25, -0.2) is 8.42 Å². The smallest absolute Gasteiger partial charge is 0.147 e. The van der Waals surface area contributed by atoms with Crippen LogP contribution >= 0.6 is 0 Å². The first-order chi connectivity index (χ1) is 7.06. The van der Waals surface area contributed by atoms with E-state index in [4.69, 9.17) is 0 Å². The van der Waals surface area contributed by atoms with Gasteiger partial charge in [-0.15, -0.1) is 0 Å². The molecule has 0 atom stereocenters. The summed E-state index contributed by atoms with van der Waals surface area (Å²) in [4.78, 5) is 0. The number of sulfone groups is 1. The molecule has 0 unspecified atom stereocenters. The van der Waals surface area contributed by atoms with Gasteiger partial charge >= 0.3 is 0 Å². The second kappa shape index (κ2) is 9.20. The third-order valence-electron chi connectivity index (χ3n) is 2.62. The zero-order valence-electron chi connectivity index (χ0n) is 10.3. The van der Waals surface area contributed by atoms with E-state index >= 15 is 0 Å². The predicted molar refractivity (Wildman–Crippen MR) is 66.9 cm³/mol. The van der Waals surface area contributed by atoms with Crippen LogP contribution in [0.4, 0.5) is 0 Å². The lowest BCUT2D eigenvalue weighted by molar-refractivity contribution is 0.566. The fraction of sp³-hybridized carbons (Fsp3) is 1.00. The van der Waals surface area contributed by atoms with Gasteiger partial charge < -0.3 is 0 Å². The van der Waals surface area contributed by atoms with Gasteiger partial charge in [-0.3, -0.25) is 0 Å². The fourth-order valence-corrected chi connectivity index (χ4v) is 2.40. The summed E-state index contributed by atoms with van der Waals surface area (Å²) >= 11 is 0. The first-order valence-electron chi connectivity index (χ1n) is 6.24. The van der Waals surface area contributed by atoms with Crippen molar-refractivity contribution >= 4 is 9.84 Å². The van der Waals surface area contributed by atoms with Crippen LogP contribution in [0.5, 0.6) is 0 Å².